The molecule has 3 heteroatoms. The van der Waals surface area contributed by atoms with Crippen LogP contribution in [0.2, 0.25) is 10.0 Å². The SMILES string of the molecule is CN1C[C@H]2CCC[C@@]2(c2cc(Cl)cc(Cl)c2)C1. The second-order valence-corrected chi connectivity index (χ2v) is 6.47. The van der Waals surface area contributed by atoms with Crippen molar-refractivity contribution in [3.8, 4) is 0 Å². The quantitative estimate of drug-likeness (QED) is 0.746. The summed E-state index contributed by atoms with van der Waals surface area (Å²) in [6.45, 7) is 2.36. The van der Waals surface area contributed by atoms with Crippen LogP contribution in [0.3, 0.4) is 0 Å². The minimum Gasteiger partial charge on any atom is -0.305 e. The van der Waals surface area contributed by atoms with E-state index < -0.39 is 0 Å². The fraction of sp³-hybridized carbons (Fsp3) is 0.571. The van der Waals surface area contributed by atoms with Gasteiger partial charge >= 0.3 is 0 Å². The standard InChI is InChI=1S/C14H17Cl2N/c1-17-8-10-3-2-4-14(10,9-17)11-5-12(15)7-13(16)6-11/h5-7,10H,2-4,8-9H2,1H3/t10-,14-/m1/s1. The van der Waals surface area contributed by atoms with Crippen molar-refractivity contribution in [3.63, 3.8) is 0 Å². The summed E-state index contributed by atoms with van der Waals surface area (Å²) in [5.41, 5.74) is 1.66. The molecule has 1 aliphatic heterocycles. The topological polar surface area (TPSA) is 3.24 Å². The molecule has 1 heterocycles. The molecule has 1 aliphatic carbocycles. The number of hydrogen-bond donors (Lipinski definition) is 0. The Labute approximate surface area is 113 Å². The molecule has 1 aromatic rings. The molecule has 1 aromatic carbocycles. The molecule has 0 amide bonds. The fourth-order valence-electron chi connectivity index (χ4n) is 3.85. The summed E-state index contributed by atoms with van der Waals surface area (Å²) < 4.78 is 0. The number of nitrogens with zero attached hydrogens (tertiary/aromatic N) is 1. The minimum atomic E-state index is 0.309. The van der Waals surface area contributed by atoms with Crippen molar-refractivity contribution in [2.24, 2.45) is 5.92 Å². The van der Waals surface area contributed by atoms with E-state index in [0.29, 0.717) is 5.41 Å². The first-order valence-electron chi connectivity index (χ1n) is 6.25. The van der Waals surface area contributed by atoms with Crippen LogP contribution in [0.4, 0.5) is 0 Å². The summed E-state index contributed by atoms with van der Waals surface area (Å²) in [5, 5.41) is 1.53. The lowest BCUT2D eigenvalue weighted by molar-refractivity contribution is 0.360. The number of benzene rings is 1. The van der Waals surface area contributed by atoms with E-state index >= 15 is 0 Å². The lowest BCUT2D eigenvalue weighted by atomic mass is 9.74. The molecular weight excluding hydrogens is 253 g/mol. The molecule has 2 fully saturated rings. The lowest BCUT2D eigenvalue weighted by Crippen LogP contribution is -2.31. The minimum absolute atomic E-state index is 0.309. The van der Waals surface area contributed by atoms with E-state index in [9.17, 15) is 0 Å². The van der Waals surface area contributed by atoms with Crippen molar-refractivity contribution in [1.82, 2.24) is 4.90 Å². The number of hydrogen-bond acceptors (Lipinski definition) is 1. The van der Waals surface area contributed by atoms with Crippen LogP contribution in [0.5, 0.6) is 0 Å². The van der Waals surface area contributed by atoms with E-state index in [1.165, 1.54) is 31.4 Å². The van der Waals surface area contributed by atoms with Gasteiger partial charge in [0, 0.05) is 28.5 Å². The molecule has 2 atom stereocenters. The van der Waals surface area contributed by atoms with Crippen LogP contribution in [-0.4, -0.2) is 25.0 Å². The first-order chi connectivity index (χ1) is 8.10. The van der Waals surface area contributed by atoms with E-state index in [2.05, 4.69) is 24.1 Å². The smallest absolute Gasteiger partial charge is 0.0423 e. The van der Waals surface area contributed by atoms with Gasteiger partial charge in [-0.25, -0.2) is 0 Å². The molecule has 1 saturated heterocycles. The monoisotopic (exact) mass is 269 g/mol. The van der Waals surface area contributed by atoms with Crippen LogP contribution < -0.4 is 0 Å². The number of fused-ring (bicyclic) bond motifs is 1. The Hall–Kier alpha value is -0.240. The highest BCUT2D eigenvalue weighted by atomic mass is 35.5. The highest BCUT2D eigenvalue weighted by molar-refractivity contribution is 6.34. The highest BCUT2D eigenvalue weighted by Crippen LogP contribution is 2.50. The molecule has 2 aliphatic rings. The lowest BCUT2D eigenvalue weighted by Gasteiger charge is -2.30. The zero-order valence-corrected chi connectivity index (χ0v) is 11.6. The predicted molar refractivity (Wildman–Crippen MR) is 73.0 cm³/mol. The third-order valence-corrected chi connectivity index (χ3v) is 4.91. The van der Waals surface area contributed by atoms with Gasteiger partial charge in [-0.15, -0.1) is 0 Å². The van der Waals surface area contributed by atoms with Crippen LogP contribution in [0.25, 0.3) is 0 Å². The van der Waals surface area contributed by atoms with Crippen molar-refractivity contribution < 1.29 is 0 Å². The average Bonchev–Trinajstić information content (AvgIpc) is 2.72. The van der Waals surface area contributed by atoms with Crippen molar-refractivity contribution in [3.05, 3.63) is 33.8 Å². The van der Waals surface area contributed by atoms with Gasteiger partial charge in [0.15, 0.2) is 0 Å². The summed E-state index contributed by atoms with van der Waals surface area (Å²) >= 11 is 12.3. The van der Waals surface area contributed by atoms with Crippen LogP contribution in [0.1, 0.15) is 24.8 Å². The van der Waals surface area contributed by atoms with Gasteiger partial charge in [-0.2, -0.15) is 0 Å². The molecule has 1 nitrogen and oxygen atoms in total. The van der Waals surface area contributed by atoms with E-state index in [4.69, 9.17) is 23.2 Å². The molecule has 0 aromatic heterocycles. The highest BCUT2D eigenvalue weighted by Gasteiger charge is 2.49. The number of likely N-dealkylation sites (tertiary alicyclic amines) is 1. The second-order valence-electron chi connectivity index (χ2n) is 5.60. The summed E-state index contributed by atoms with van der Waals surface area (Å²) in [6.07, 6.45) is 3.95. The summed E-state index contributed by atoms with van der Waals surface area (Å²) in [6, 6.07) is 6.06. The molecule has 0 radical (unpaired) electrons. The summed E-state index contributed by atoms with van der Waals surface area (Å²) in [4.78, 5) is 2.44. The van der Waals surface area contributed by atoms with Gasteiger partial charge in [0.1, 0.15) is 0 Å². The summed E-state index contributed by atoms with van der Waals surface area (Å²) in [7, 11) is 2.21. The van der Waals surface area contributed by atoms with Gasteiger partial charge in [0.2, 0.25) is 0 Å². The van der Waals surface area contributed by atoms with Crippen LogP contribution in [-0.2, 0) is 5.41 Å². The van der Waals surface area contributed by atoms with Gasteiger partial charge in [0.05, 0.1) is 0 Å². The Morgan fingerprint density at radius 3 is 2.65 bits per heavy atom. The van der Waals surface area contributed by atoms with Gasteiger partial charge < -0.3 is 4.90 Å². The fourth-order valence-corrected chi connectivity index (χ4v) is 4.38. The molecule has 0 bridgehead atoms. The molecule has 1 saturated carbocycles. The van der Waals surface area contributed by atoms with Gasteiger partial charge in [-0.05, 0) is 49.6 Å². The third-order valence-electron chi connectivity index (χ3n) is 4.48. The molecule has 92 valence electrons. The van der Waals surface area contributed by atoms with E-state index in [-0.39, 0.29) is 0 Å². The number of likely N-dealkylation sites (N-methyl/N-ethyl adjacent to an activating group) is 1. The van der Waals surface area contributed by atoms with E-state index in [0.717, 1.165) is 22.5 Å². The number of rotatable bonds is 1. The van der Waals surface area contributed by atoms with Crippen molar-refractivity contribution in [1.29, 1.82) is 0 Å². The Morgan fingerprint density at radius 2 is 1.94 bits per heavy atom. The van der Waals surface area contributed by atoms with E-state index in [1.54, 1.807) is 0 Å². The van der Waals surface area contributed by atoms with Crippen LogP contribution in [0, 0.1) is 5.92 Å². The Bertz CT molecular complexity index is 426. The van der Waals surface area contributed by atoms with Gasteiger partial charge in [-0.1, -0.05) is 29.6 Å². The molecule has 0 N–H and O–H groups in total. The zero-order valence-electron chi connectivity index (χ0n) is 10.0. The normalized spacial score (nSPS) is 33.0. The number of halogens is 2. The summed E-state index contributed by atoms with van der Waals surface area (Å²) in [5.74, 6) is 0.780. The van der Waals surface area contributed by atoms with Crippen molar-refractivity contribution in [2.75, 3.05) is 20.1 Å². The third kappa shape index (κ3) is 1.89. The maximum atomic E-state index is 6.15. The Balaban J connectivity index is 2.06. The van der Waals surface area contributed by atoms with Gasteiger partial charge in [-0.3, -0.25) is 0 Å². The van der Waals surface area contributed by atoms with E-state index in [1.807, 2.05) is 6.07 Å². The van der Waals surface area contributed by atoms with Crippen LogP contribution in [0.15, 0.2) is 18.2 Å². The van der Waals surface area contributed by atoms with Crippen LogP contribution >= 0.6 is 23.2 Å². The Kier molecular flexibility index (Phi) is 2.89. The molecule has 17 heavy (non-hydrogen) atoms. The second kappa shape index (κ2) is 4.15. The molecule has 0 spiro atoms. The van der Waals surface area contributed by atoms with Crippen molar-refractivity contribution >= 4 is 23.2 Å². The maximum absolute atomic E-state index is 6.15. The maximum Gasteiger partial charge on any atom is 0.0423 e. The molecule has 0 unspecified atom stereocenters. The van der Waals surface area contributed by atoms with Crippen molar-refractivity contribution in [2.45, 2.75) is 24.7 Å². The molecule has 3 rings (SSSR count). The Morgan fingerprint density at radius 1 is 1.24 bits per heavy atom. The predicted octanol–water partition coefficient (Wildman–Crippen LogP) is 3.98. The van der Waals surface area contributed by atoms with Gasteiger partial charge in [0.25, 0.3) is 0 Å². The first-order valence-corrected chi connectivity index (χ1v) is 7.01. The zero-order chi connectivity index (χ0) is 12.0. The molecular formula is C14H17Cl2N. The first kappa shape index (κ1) is 11.8. The largest absolute Gasteiger partial charge is 0.305 e. The average molecular weight is 270 g/mol.